The Bertz CT molecular complexity index is 543. The normalized spacial score (nSPS) is 10.1. The predicted octanol–water partition coefficient (Wildman–Crippen LogP) is 3.42. The number of halogens is 1. The third-order valence-electron chi connectivity index (χ3n) is 2.16. The lowest BCUT2D eigenvalue weighted by atomic mass is 10.1. The number of pyridine rings is 1. The minimum absolute atomic E-state index is 0.0920. The van der Waals surface area contributed by atoms with E-state index in [0.29, 0.717) is 5.56 Å². The number of hydrogen-bond acceptors (Lipinski definition) is 3. The van der Waals surface area contributed by atoms with Crippen molar-refractivity contribution in [3.05, 3.63) is 57.3 Å². The maximum absolute atomic E-state index is 10.9. The van der Waals surface area contributed by atoms with Crippen LogP contribution >= 0.6 is 15.9 Å². The first-order valence-electron chi connectivity index (χ1n) is 4.53. The molecule has 0 aliphatic rings. The fourth-order valence-corrected chi connectivity index (χ4v) is 1.92. The molecule has 1 aromatic carbocycles. The molecule has 2 aromatic rings. The molecule has 0 aliphatic heterocycles. The largest absolute Gasteiger partial charge is 0.277 e. The molecular formula is C11H7BrN2O2. The third-order valence-corrected chi connectivity index (χ3v) is 2.80. The Morgan fingerprint density at radius 3 is 2.62 bits per heavy atom. The molecule has 1 aromatic heterocycles. The average Bonchev–Trinajstić information content (AvgIpc) is 2.29. The second kappa shape index (κ2) is 4.40. The van der Waals surface area contributed by atoms with Gasteiger partial charge in [-0.05, 0) is 28.1 Å². The molecule has 2 rings (SSSR count). The molecule has 0 atom stereocenters. The summed E-state index contributed by atoms with van der Waals surface area (Å²) in [6.45, 7) is 0. The highest BCUT2D eigenvalue weighted by molar-refractivity contribution is 9.10. The number of nitrogens with zero attached hydrogens (tertiary/aromatic N) is 2. The maximum Gasteiger partial charge on any atom is 0.277 e. The standard InChI is InChI=1S/C11H7BrN2O2/c12-10-7-13-6-5-8(10)9-3-1-2-4-11(9)14(15)16/h1-7H. The number of aromatic nitrogens is 1. The van der Waals surface area contributed by atoms with Crippen molar-refractivity contribution < 1.29 is 4.92 Å². The van der Waals surface area contributed by atoms with E-state index in [4.69, 9.17) is 0 Å². The smallest absolute Gasteiger partial charge is 0.264 e. The van der Waals surface area contributed by atoms with E-state index in [1.165, 1.54) is 6.07 Å². The van der Waals surface area contributed by atoms with Crippen LogP contribution in [0.4, 0.5) is 5.69 Å². The Morgan fingerprint density at radius 2 is 1.94 bits per heavy atom. The van der Waals surface area contributed by atoms with Crippen molar-refractivity contribution in [1.29, 1.82) is 0 Å². The lowest BCUT2D eigenvalue weighted by molar-refractivity contribution is -0.384. The summed E-state index contributed by atoms with van der Waals surface area (Å²) in [5, 5.41) is 10.9. The lowest BCUT2D eigenvalue weighted by Crippen LogP contribution is -1.92. The zero-order valence-electron chi connectivity index (χ0n) is 8.13. The summed E-state index contributed by atoms with van der Waals surface area (Å²) in [5.74, 6) is 0. The molecular weight excluding hydrogens is 272 g/mol. The number of benzene rings is 1. The molecule has 80 valence electrons. The molecule has 0 amide bonds. The molecule has 0 fully saturated rings. The van der Waals surface area contributed by atoms with Gasteiger partial charge in [0.25, 0.3) is 5.69 Å². The number of rotatable bonds is 2. The molecule has 0 bridgehead atoms. The van der Waals surface area contributed by atoms with Gasteiger partial charge in [-0.15, -0.1) is 0 Å². The minimum Gasteiger partial charge on any atom is -0.264 e. The van der Waals surface area contributed by atoms with Gasteiger partial charge in [-0.3, -0.25) is 15.1 Å². The second-order valence-corrected chi connectivity index (χ2v) is 3.98. The summed E-state index contributed by atoms with van der Waals surface area (Å²) in [6, 6.07) is 8.37. The van der Waals surface area contributed by atoms with Crippen LogP contribution in [0.15, 0.2) is 47.2 Å². The van der Waals surface area contributed by atoms with E-state index in [1.54, 1.807) is 36.7 Å². The first kappa shape index (κ1) is 10.8. The van der Waals surface area contributed by atoms with E-state index in [2.05, 4.69) is 20.9 Å². The van der Waals surface area contributed by atoms with Crippen LogP contribution in [0, 0.1) is 10.1 Å². The van der Waals surface area contributed by atoms with Gasteiger partial charge in [-0.25, -0.2) is 0 Å². The fourth-order valence-electron chi connectivity index (χ4n) is 1.45. The van der Waals surface area contributed by atoms with Crippen LogP contribution in [0.5, 0.6) is 0 Å². The van der Waals surface area contributed by atoms with Gasteiger partial charge in [0.15, 0.2) is 0 Å². The van der Waals surface area contributed by atoms with Crippen LogP contribution in [0.2, 0.25) is 0 Å². The van der Waals surface area contributed by atoms with Gasteiger partial charge >= 0.3 is 0 Å². The Morgan fingerprint density at radius 1 is 1.19 bits per heavy atom. The van der Waals surface area contributed by atoms with Crippen LogP contribution in [-0.4, -0.2) is 9.91 Å². The monoisotopic (exact) mass is 278 g/mol. The summed E-state index contributed by atoms with van der Waals surface area (Å²) >= 11 is 3.33. The molecule has 0 saturated heterocycles. The second-order valence-electron chi connectivity index (χ2n) is 3.13. The molecule has 0 radical (unpaired) electrons. The SMILES string of the molecule is O=[N+]([O-])c1ccccc1-c1ccncc1Br. The van der Waals surface area contributed by atoms with Gasteiger partial charge in [0.2, 0.25) is 0 Å². The summed E-state index contributed by atoms with van der Waals surface area (Å²) < 4.78 is 0.740. The fraction of sp³-hybridized carbons (Fsp3) is 0. The molecule has 16 heavy (non-hydrogen) atoms. The molecule has 0 unspecified atom stereocenters. The molecule has 0 saturated carbocycles. The molecule has 0 N–H and O–H groups in total. The summed E-state index contributed by atoms with van der Waals surface area (Å²) in [5.41, 5.74) is 1.44. The highest BCUT2D eigenvalue weighted by Crippen LogP contribution is 2.33. The van der Waals surface area contributed by atoms with E-state index in [1.807, 2.05) is 0 Å². The van der Waals surface area contributed by atoms with E-state index >= 15 is 0 Å². The Kier molecular flexibility index (Phi) is 2.96. The van der Waals surface area contributed by atoms with Crippen LogP contribution in [0.1, 0.15) is 0 Å². The quantitative estimate of drug-likeness (QED) is 0.625. The van der Waals surface area contributed by atoms with Gasteiger partial charge < -0.3 is 0 Å². The molecule has 1 heterocycles. The number of para-hydroxylation sites is 1. The molecule has 0 aliphatic carbocycles. The van der Waals surface area contributed by atoms with Crippen LogP contribution in [0.25, 0.3) is 11.1 Å². The highest BCUT2D eigenvalue weighted by Gasteiger charge is 2.15. The van der Waals surface area contributed by atoms with Crippen molar-refractivity contribution in [2.24, 2.45) is 0 Å². The zero-order chi connectivity index (χ0) is 11.5. The molecule has 5 heteroatoms. The minimum atomic E-state index is -0.387. The highest BCUT2D eigenvalue weighted by atomic mass is 79.9. The van der Waals surface area contributed by atoms with Crippen molar-refractivity contribution in [3.8, 4) is 11.1 Å². The zero-order valence-corrected chi connectivity index (χ0v) is 9.72. The summed E-state index contributed by atoms with van der Waals surface area (Å²) in [6.07, 6.45) is 3.23. The van der Waals surface area contributed by atoms with Crippen LogP contribution < -0.4 is 0 Å². The van der Waals surface area contributed by atoms with E-state index in [9.17, 15) is 10.1 Å². The number of hydrogen-bond donors (Lipinski definition) is 0. The van der Waals surface area contributed by atoms with E-state index in [-0.39, 0.29) is 10.6 Å². The summed E-state index contributed by atoms with van der Waals surface area (Å²) in [4.78, 5) is 14.4. The Balaban J connectivity index is 2.65. The van der Waals surface area contributed by atoms with Crippen LogP contribution in [-0.2, 0) is 0 Å². The van der Waals surface area contributed by atoms with Crippen LogP contribution in [0.3, 0.4) is 0 Å². The maximum atomic E-state index is 10.9. The van der Waals surface area contributed by atoms with Crippen molar-refractivity contribution in [2.75, 3.05) is 0 Å². The first-order chi connectivity index (χ1) is 7.70. The van der Waals surface area contributed by atoms with Gasteiger partial charge in [-0.2, -0.15) is 0 Å². The lowest BCUT2D eigenvalue weighted by Gasteiger charge is -2.04. The Labute approximate surface area is 100 Å². The van der Waals surface area contributed by atoms with Gasteiger partial charge in [-0.1, -0.05) is 12.1 Å². The molecule has 4 nitrogen and oxygen atoms in total. The summed E-state index contributed by atoms with van der Waals surface area (Å²) in [7, 11) is 0. The van der Waals surface area contributed by atoms with Gasteiger partial charge in [0.1, 0.15) is 0 Å². The molecule has 0 spiro atoms. The first-order valence-corrected chi connectivity index (χ1v) is 5.33. The van der Waals surface area contributed by atoms with Crippen molar-refractivity contribution in [3.63, 3.8) is 0 Å². The van der Waals surface area contributed by atoms with Crippen molar-refractivity contribution >= 4 is 21.6 Å². The predicted molar refractivity (Wildman–Crippen MR) is 64.0 cm³/mol. The Hall–Kier alpha value is -1.75. The third kappa shape index (κ3) is 1.94. The number of nitro groups is 1. The average molecular weight is 279 g/mol. The van der Waals surface area contributed by atoms with E-state index < -0.39 is 0 Å². The van der Waals surface area contributed by atoms with E-state index in [0.717, 1.165) is 10.0 Å². The van der Waals surface area contributed by atoms with Gasteiger partial charge in [0.05, 0.1) is 10.5 Å². The van der Waals surface area contributed by atoms with Crippen molar-refractivity contribution in [1.82, 2.24) is 4.98 Å². The van der Waals surface area contributed by atoms with Crippen molar-refractivity contribution in [2.45, 2.75) is 0 Å². The number of nitro benzene ring substituents is 1. The topological polar surface area (TPSA) is 56.0 Å². The van der Waals surface area contributed by atoms with Gasteiger partial charge in [0, 0.05) is 28.5 Å².